The molecule has 1 aromatic heterocycles. The van der Waals surface area contributed by atoms with E-state index in [9.17, 15) is 9.59 Å². The normalized spacial score (nSPS) is 11.2. The van der Waals surface area contributed by atoms with Gasteiger partial charge in [-0.1, -0.05) is 69.1 Å². The molecule has 0 aliphatic rings. The molecule has 7 nitrogen and oxygen atoms in total. The standard InChI is InChI=1S/C25H29Cl2N5O2/c1-5-13-31(24(34)28-17-9-7-6-8-10-17)16-23(33)29-22-15-21(25(2,3)4)30-32(22)18-11-12-19(26)20(27)14-18/h6-12,14-15H,5,13,16H2,1-4H3,(H,28,34)(H,29,33). The number of carbonyl (C=O) groups excluding carboxylic acids is 2. The van der Waals surface area contributed by atoms with Crippen LogP contribution in [0.4, 0.5) is 16.3 Å². The number of urea groups is 1. The second-order valence-electron chi connectivity index (χ2n) is 8.94. The van der Waals surface area contributed by atoms with Crippen molar-refractivity contribution >= 4 is 46.6 Å². The number of aromatic nitrogens is 2. The van der Waals surface area contributed by atoms with Crippen molar-refractivity contribution in [2.75, 3.05) is 23.7 Å². The summed E-state index contributed by atoms with van der Waals surface area (Å²) in [5, 5.41) is 11.2. The van der Waals surface area contributed by atoms with Crippen molar-refractivity contribution in [1.29, 1.82) is 0 Å². The van der Waals surface area contributed by atoms with E-state index in [-0.39, 0.29) is 23.9 Å². The summed E-state index contributed by atoms with van der Waals surface area (Å²) in [7, 11) is 0. The van der Waals surface area contributed by atoms with Crippen LogP contribution < -0.4 is 10.6 Å². The van der Waals surface area contributed by atoms with Gasteiger partial charge in [-0.2, -0.15) is 5.10 Å². The second kappa shape index (κ2) is 10.9. The summed E-state index contributed by atoms with van der Waals surface area (Å²) < 4.78 is 1.62. The monoisotopic (exact) mass is 501 g/mol. The summed E-state index contributed by atoms with van der Waals surface area (Å²) in [6.45, 7) is 8.40. The van der Waals surface area contributed by atoms with Crippen LogP contribution in [-0.2, 0) is 10.2 Å². The molecule has 0 saturated heterocycles. The smallest absolute Gasteiger partial charge is 0.315 e. The van der Waals surface area contributed by atoms with Crippen molar-refractivity contribution in [2.45, 2.75) is 39.5 Å². The van der Waals surface area contributed by atoms with Gasteiger partial charge < -0.3 is 15.5 Å². The molecule has 3 aromatic rings. The Labute approximate surface area is 210 Å². The summed E-state index contributed by atoms with van der Waals surface area (Å²) in [4.78, 5) is 27.3. The van der Waals surface area contributed by atoms with Crippen molar-refractivity contribution in [2.24, 2.45) is 0 Å². The minimum absolute atomic E-state index is 0.107. The lowest BCUT2D eigenvalue weighted by Gasteiger charge is -2.22. The number of halogens is 2. The van der Waals surface area contributed by atoms with Gasteiger partial charge in [0.25, 0.3) is 0 Å². The molecule has 0 atom stereocenters. The first kappa shape index (κ1) is 25.6. The molecule has 0 aliphatic carbocycles. The van der Waals surface area contributed by atoms with Gasteiger partial charge >= 0.3 is 6.03 Å². The lowest BCUT2D eigenvalue weighted by Crippen LogP contribution is -2.41. The second-order valence-corrected chi connectivity index (χ2v) is 9.76. The molecule has 3 amide bonds. The third-order valence-electron chi connectivity index (χ3n) is 5.03. The number of hydrogen-bond donors (Lipinski definition) is 2. The van der Waals surface area contributed by atoms with E-state index in [2.05, 4.69) is 15.7 Å². The van der Waals surface area contributed by atoms with Gasteiger partial charge in [-0.25, -0.2) is 9.48 Å². The lowest BCUT2D eigenvalue weighted by molar-refractivity contribution is -0.116. The average Bonchev–Trinajstić information content (AvgIpc) is 3.20. The zero-order valence-electron chi connectivity index (χ0n) is 19.7. The maximum Gasteiger partial charge on any atom is 0.322 e. The molecule has 2 aromatic carbocycles. The zero-order chi connectivity index (χ0) is 24.9. The van der Waals surface area contributed by atoms with Gasteiger partial charge in [0, 0.05) is 23.7 Å². The average molecular weight is 502 g/mol. The molecular formula is C25H29Cl2N5O2. The van der Waals surface area contributed by atoms with Crippen molar-refractivity contribution in [3.8, 4) is 5.69 Å². The van der Waals surface area contributed by atoms with Crippen LogP contribution in [0, 0.1) is 0 Å². The van der Waals surface area contributed by atoms with Crippen LogP contribution >= 0.6 is 23.2 Å². The molecular weight excluding hydrogens is 473 g/mol. The van der Waals surface area contributed by atoms with E-state index in [0.29, 0.717) is 40.2 Å². The van der Waals surface area contributed by atoms with Crippen molar-refractivity contribution in [1.82, 2.24) is 14.7 Å². The number of benzene rings is 2. The van der Waals surface area contributed by atoms with Gasteiger partial charge in [0.05, 0.1) is 21.4 Å². The Bertz CT molecular complexity index is 1160. The molecule has 0 spiro atoms. The number of nitrogens with one attached hydrogen (secondary N) is 2. The van der Waals surface area contributed by atoms with E-state index >= 15 is 0 Å². The molecule has 34 heavy (non-hydrogen) atoms. The van der Waals surface area contributed by atoms with E-state index in [1.54, 1.807) is 35.0 Å². The zero-order valence-corrected chi connectivity index (χ0v) is 21.2. The Kier molecular flexibility index (Phi) is 8.23. The molecule has 3 rings (SSSR count). The fraction of sp³-hybridized carbons (Fsp3) is 0.320. The van der Waals surface area contributed by atoms with Crippen molar-refractivity contribution in [3.05, 3.63) is 70.3 Å². The minimum Gasteiger partial charge on any atom is -0.315 e. The molecule has 0 radical (unpaired) electrons. The summed E-state index contributed by atoms with van der Waals surface area (Å²) >= 11 is 12.3. The summed E-state index contributed by atoms with van der Waals surface area (Å²) in [6, 6.07) is 15.8. The van der Waals surface area contributed by atoms with Gasteiger partial charge in [-0.15, -0.1) is 0 Å². The highest BCUT2D eigenvalue weighted by Gasteiger charge is 2.23. The summed E-state index contributed by atoms with van der Waals surface area (Å²) in [5.41, 5.74) is 1.88. The summed E-state index contributed by atoms with van der Waals surface area (Å²) in [6.07, 6.45) is 0.713. The first-order valence-electron chi connectivity index (χ1n) is 11.0. The lowest BCUT2D eigenvalue weighted by atomic mass is 9.92. The van der Waals surface area contributed by atoms with Crippen LogP contribution in [0.1, 0.15) is 39.8 Å². The Balaban J connectivity index is 1.82. The van der Waals surface area contributed by atoms with Crippen LogP contribution in [0.15, 0.2) is 54.6 Å². The Morgan fingerprint density at radius 1 is 1.00 bits per heavy atom. The van der Waals surface area contributed by atoms with Crippen molar-refractivity contribution in [3.63, 3.8) is 0 Å². The predicted molar refractivity (Wildman–Crippen MR) is 138 cm³/mol. The van der Waals surface area contributed by atoms with Crippen molar-refractivity contribution < 1.29 is 9.59 Å². The van der Waals surface area contributed by atoms with E-state index in [4.69, 9.17) is 23.2 Å². The topological polar surface area (TPSA) is 79.3 Å². The van der Waals surface area contributed by atoms with Gasteiger partial charge in [-0.05, 0) is 36.8 Å². The number of carbonyl (C=O) groups is 2. The molecule has 0 unspecified atom stereocenters. The molecule has 0 saturated carbocycles. The maximum atomic E-state index is 13.0. The quantitative estimate of drug-likeness (QED) is 0.395. The molecule has 180 valence electrons. The largest absolute Gasteiger partial charge is 0.322 e. The van der Waals surface area contributed by atoms with E-state index < -0.39 is 0 Å². The predicted octanol–water partition coefficient (Wildman–Crippen LogP) is 6.36. The fourth-order valence-electron chi connectivity index (χ4n) is 3.25. The molecule has 1 heterocycles. The molecule has 0 aliphatic heterocycles. The number of rotatable bonds is 7. The number of anilines is 2. The highest BCUT2D eigenvalue weighted by Crippen LogP contribution is 2.29. The Hall–Kier alpha value is -3.03. The van der Waals surface area contributed by atoms with Crippen LogP contribution in [0.5, 0.6) is 0 Å². The van der Waals surface area contributed by atoms with Gasteiger partial charge in [-0.3, -0.25) is 4.79 Å². The van der Waals surface area contributed by atoms with E-state index in [1.807, 2.05) is 52.0 Å². The Morgan fingerprint density at radius 3 is 2.32 bits per heavy atom. The fourth-order valence-corrected chi connectivity index (χ4v) is 3.54. The number of amides is 3. The first-order chi connectivity index (χ1) is 16.1. The minimum atomic E-state index is -0.337. The van der Waals surface area contributed by atoms with Crippen LogP contribution in [-0.4, -0.2) is 39.7 Å². The number of para-hydroxylation sites is 1. The van der Waals surface area contributed by atoms with Gasteiger partial charge in [0.1, 0.15) is 12.4 Å². The number of nitrogens with zero attached hydrogens (tertiary/aromatic N) is 3. The van der Waals surface area contributed by atoms with E-state index in [0.717, 1.165) is 5.69 Å². The molecule has 9 heteroatoms. The highest BCUT2D eigenvalue weighted by atomic mass is 35.5. The van der Waals surface area contributed by atoms with Crippen LogP contribution in [0.2, 0.25) is 10.0 Å². The third-order valence-corrected chi connectivity index (χ3v) is 5.77. The highest BCUT2D eigenvalue weighted by molar-refractivity contribution is 6.42. The number of hydrogen-bond acceptors (Lipinski definition) is 3. The van der Waals surface area contributed by atoms with Gasteiger partial charge in [0.15, 0.2) is 0 Å². The Morgan fingerprint density at radius 2 is 1.71 bits per heavy atom. The van der Waals surface area contributed by atoms with Gasteiger partial charge in [0.2, 0.25) is 5.91 Å². The van der Waals surface area contributed by atoms with E-state index in [1.165, 1.54) is 4.90 Å². The molecule has 0 fully saturated rings. The molecule has 0 bridgehead atoms. The SMILES string of the molecule is CCCN(CC(=O)Nc1cc(C(C)(C)C)nn1-c1ccc(Cl)c(Cl)c1)C(=O)Nc1ccccc1. The summed E-state index contributed by atoms with van der Waals surface area (Å²) in [5.74, 6) is 0.145. The van der Waals surface area contributed by atoms with Crippen LogP contribution in [0.25, 0.3) is 5.69 Å². The first-order valence-corrected chi connectivity index (χ1v) is 11.8. The third kappa shape index (κ3) is 6.52. The van der Waals surface area contributed by atoms with Crippen LogP contribution in [0.3, 0.4) is 0 Å². The maximum absolute atomic E-state index is 13.0. The molecule has 2 N–H and O–H groups in total.